The Hall–Kier alpha value is -1.50. The minimum atomic E-state index is -3.52. The third-order valence-corrected chi connectivity index (χ3v) is 10.8. The Labute approximate surface area is 216 Å². The van der Waals surface area contributed by atoms with Crippen LogP contribution in [0.1, 0.15) is 85.0 Å². The maximum atomic E-state index is 12.7. The number of carbonyl (C=O) groups excluding carboxylic acids is 2. The first-order valence-electron chi connectivity index (χ1n) is 12.9. The molecule has 0 aliphatic heterocycles. The zero-order valence-corrected chi connectivity index (χ0v) is 23.2. The third-order valence-electron chi connectivity index (χ3n) is 6.70. The number of ether oxygens (including phenoxy) is 2. The lowest BCUT2D eigenvalue weighted by molar-refractivity contribution is -0.141. The van der Waals surface area contributed by atoms with Crippen molar-refractivity contribution in [3.8, 4) is 0 Å². The summed E-state index contributed by atoms with van der Waals surface area (Å²) in [6.45, 7) is 4.92. The van der Waals surface area contributed by atoms with Gasteiger partial charge in [0.2, 0.25) is 20.0 Å². The number of nitrogens with one attached hydrogen (secondary N) is 2. The van der Waals surface area contributed by atoms with Crippen LogP contribution in [0, 0.1) is 5.92 Å². The molecule has 0 saturated heterocycles. The predicted molar refractivity (Wildman–Crippen MR) is 137 cm³/mol. The fourth-order valence-electron chi connectivity index (χ4n) is 4.44. The van der Waals surface area contributed by atoms with E-state index in [0.29, 0.717) is 25.7 Å². The van der Waals surface area contributed by atoms with Crippen LogP contribution in [0.15, 0.2) is 12.2 Å². The van der Waals surface area contributed by atoms with Gasteiger partial charge in [-0.3, -0.25) is 0 Å². The van der Waals surface area contributed by atoms with Crippen molar-refractivity contribution in [2.75, 3.05) is 13.2 Å². The van der Waals surface area contributed by atoms with E-state index in [0.717, 1.165) is 50.7 Å². The van der Waals surface area contributed by atoms with Crippen LogP contribution >= 0.6 is 0 Å². The van der Waals surface area contributed by atoms with Crippen molar-refractivity contribution < 1.29 is 35.9 Å². The Balaban J connectivity index is 1.75. The molecular formula is C24H42N2O8S2. The summed E-state index contributed by atoms with van der Waals surface area (Å²) in [4.78, 5) is 24.0. The standard InChI is InChI=1S/C24H42N2O8S2/c1-18(2)22(26-36(31,32)21-12-8-5-9-13-21)17-34-24(28)15-14-23(27)33-16-19(3)25-35(29,30)20-10-6-4-7-11-20/h14-15,18-22,25-26H,4-13,16-17H2,1-3H3/b15-14+/t19-,22+/m0/s1. The van der Waals surface area contributed by atoms with Gasteiger partial charge in [0.15, 0.2) is 0 Å². The lowest BCUT2D eigenvalue weighted by Crippen LogP contribution is -2.46. The highest BCUT2D eigenvalue weighted by Gasteiger charge is 2.31. The molecule has 0 spiro atoms. The molecule has 12 heteroatoms. The van der Waals surface area contributed by atoms with Gasteiger partial charge in [0.25, 0.3) is 0 Å². The number of rotatable bonds is 13. The van der Waals surface area contributed by atoms with Gasteiger partial charge < -0.3 is 9.47 Å². The fraction of sp³-hybridized carbons (Fsp3) is 0.833. The first-order chi connectivity index (χ1) is 16.9. The molecule has 36 heavy (non-hydrogen) atoms. The van der Waals surface area contributed by atoms with E-state index in [-0.39, 0.29) is 19.1 Å². The molecule has 0 aromatic rings. The summed E-state index contributed by atoms with van der Waals surface area (Å²) in [6, 6.07) is -1.19. The van der Waals surface area contributed by atoms with E-state index in [1.807, 2.05) is 13.8 Å². The fourth-order valence-corrected chi connectivity index (χ4v) is 8.13. The molecule has 2 aliphatic carbocycles. The molecular weight excluding hydrogens is 508 g/mol. The van der Waals surface area contributed by atoms with Crippen LogP contribution in [0.5, 0.6) is 0 Å². The second-order valence-corrected chi connectivity index (χ2v) is 14.2. The van der Waals surface area contributed by atoms with Crippen molar-refractivity contribution in [1.29, 1.82) is 0 Å². The van der Waals surface area contributed by atoms with E-state index >= 15 is 0 Å². The van der Waals surface area contributed by atoms with Crippen molar-refractivity contribution in [2.24, 2.45) is 5.92 Å². The minimum Gasteiger partial charge on any atom is -0.461 e. The lowest BCUT2D eigenvalue weighted by Gasteiger charge is -2.27. The quantitative estimate of drug-likeness (QED) is 0.263. The van der Waals surface area contributed by atoms with Crippen LogP contribution in [-0.2, 0) is 39.1 Å². The van der Waals surface area contributed by atoms with Crippen molar-refractivity contribution in [2.45, 2.75) is 108 Å². The summed E-state index contributed by atoms with van der Waals surface area (Å²) in [6.07, 6.45) is 9.98. The van der Waals surface area contributed by atoms with Gasteiger partial charge in [-0.05, 0) is 38.5 Å². The van der Waals surface area contributed by atoms with Crippen molar-refractivity contribution in [3.63, 3.8) is 0 Å². The summed E-state index contributed by atoms with van der Waals surface area (Å²) >= 11 is 0. The molecule has 0 heterocycles. The maximum Gasteiger partial charge on any atom is 0.331 e. The summed E-state index contributed by atoms with van der Waals surface area (Å²) in [5.41, 5.74) is 0. The summed E-state index contributed by atoms with van der Waals surface area (Å²) < 4.78 is 65.7. The zero-order valence-electron chi connectivity index (χ0n) is 21.6. The van der Waals surface area contributed by atoms with Gasteiger partial charge in [0, 0.05) is 12.2 Å². The smallest absolute Gasteiger partial charge is 0.331 e. The molecule has 2 fully saturated rings. The van der Waals surface area contributed by atoms with Crippen LogP contribution in [0.2, 0.25) is 0 Å². The summed E-state index contributed by atoms with van der Waals surface area (Å²) in [5, 5.41) is -0.840. The van der Waals surface area contributed by atoms with Crippen LogP contribution in [0.3, 0.4) is 0 Å². The molecule has 0 aromatic heterocycles. The molecule has 0 unspecified atom stereocenters. The number of sulfonamides is 2. The Morgan fingerprint density at radius 1 is 0.722 bits per heavy atom. The minimum absolute atomic E-state index is 0.107. The Kier molecular flexibility index (Phi) is 12.3. The van der Waals surface area contributed by atoms with Crippen molar-refractivity contribution in [1.82, 2.24) is 9.44 Å². The molecule has 2 atom stereocenters. The topological polar surface area (TPSA) is 145 Å². The molecule has 2 aliphatic rings. The van der Waals surface area contributed by atoms with Crippen LogP contribution < -0.4 is 9.44 Å². The van der Waals surface area contributed by atoms with Crippen molar-refractivity contribution in [3.05, 3.63) is 12.2 Å². The Bertz CT molecular complexity index is 951. The van der Waals surface area contributed by atoms with E-state index in [9.17, 15) is 26.4 Å². The highest BCUT2D eigenvalue weighted by Crippen LogP contribution is 2.24. The first-order valence-corrected chi connectivity index (χ1v) is 16.0. The van der Waals surface area contributed by atoms with Crippen LogP contribution in [-0.4, -0.2) is 64.6 Å². The van der Waals surface area contributed by atoms with E-state index in [4.69, 9.17) is 9.47 Å². The first kappa shape index (κ1) is 30.7. The number of esters is 2. The summed E-state index contributed by atoms with van der Waals surface area (Å²) in [5.74, 6) is -1.72. The van der Waals surface area contributed by atoms with Gasteiger partial charge in [-0.25, -0.2) is 35.9 Å². The maximum absolute atomic E-state index is 12.7. The van der Waals surface area contributed by atoms with E-state index in [1.54, 1.807) is 6.92 Å². The molecule has 0 radical (unpaired) electrons. The molecule has 208 valence electrons. The molecule has 0 amide bonds. The van der Waals surface area contributed by atoms with Crippen LogP contribution in [0.25, 0.3) is 0 Å². The molecule has 0 aromatic carbocycles. The molecule has 2 saturated carbocycles. The molecule has 0 bridgehead atoms. The van der Waals surface area contributed by atoms with Crippen LogP contribution in [0.4, 0.5) is 0 Å². The Morgan fingerprint density at radius 3 is 1.58 bits per heavy atom. The average Bonchev–Trinajstić information content (AvgIpc) is 2.84. The van der Waals surface area contributed by atoms with Gasteiger partial charge in [-0.2, -0.15) is 0 Å². The zero-order chi connectivity index (χ0) is 26.8. The second-order valence-electron chi connectivity index (χ2n) is 10.2. The molecule has 2 N–H and O–H groups in total. The normalized spacial score (nSPS) is 20.3. The van der Waals surface area contributed by atoms with Gasteiger partial charge in [0.05, 0.1) is 22.6 Å². The van der Waals surface area contributed by atoms with Gasteiger partial charge in [0.1, 0.15) is 13.2 Å². The average molecular weight is 551 g/mol. The predicted octanol–water partition coefficient (Wildman–Crippen LogP) is 2.55. The van der Waals surface area contributed by atoms with E-state index in [2.05, 4.69) is 9.44 Å². The molecule has 2 rings (SSSR count). The number of hydrogen-bond donors (Lipinski definition) is 2. The lowest BCUT2D eigenvalue weighted by atomic mass is 10.0. The van der Waals surface area contributed by atoms with Gasteiger partial charge in [-0.15, -0.1) is 0 Å². The van der Waals surface area contributed by atoms with Gasteiger partial charge in [-0.1, -0.05) is 52.4 Å². The third kappa shape index (κ3) is 10.5. The van der Waals surface area contributed by atoms with E-state index < -0.39 is 54.6 Å². The Morgan fingerprint density at radius 2 is 1.14 bits per heavy atom. The highest BCUT2D eigenvalue weighted by atomic mass is 32.2. The largest absolute Gasteiger partial charge is 0.461 e. The number of hydrogen-bond acceptors (Lipinski definition) is 8. The SMILES string of the molecule is CC(C)[C@@H](COC(=O)/C=C/C(=O)OC[C@H](C)NS(=O)(=O)C1CCCCC1)NS(=O)(=O)C1CCCCC1. The molecule has 10 nitrogen and oxygen atoms in total. The number of carbonyl (C=O) groups is 2. The summed E-state index contributed by atoms with van der Waals surface area (Å²) in [7, 11) is -7.00. The highest BCUT2D eigenvalue weighted by molar-refractivity contribution is 7.90. The monoisotopic (exact) mass is 550 g/mol. The second kappa shape index (κ2) is 14.4. The van der Waals surface area contributed by atoms with Gasteiger partial charge >= 0.3 is 11.9 Å². The van der Waals surface area contributed by atoms with Crippen molar-refractivity contribution >= 4 is 32.0 Å². The van der Waals surface area contributed by atoms with E-state index in [1.165, 1.54) is 0 Å².